The van der Waals surface area contributed by atoms with E-state index < -0.39 is 0 Å². The molecule has 3 rings (SSSR count). The Balaban J connectivity index is 1.70. The molecule has 0 aliphatic heterocycles. The van der Waals surface area contributed by atoms with Gasteiger partial charge in [0.2, 0.25) is 0 Å². The number of carbonyl (C=O) groups is 1. The van der Waals surface area contributed by atoms with Crippen molar-refractivity contribution in [2.45, 2.75) is 39.7 Å². The highest BCUT2D eigenvalue weighted by atomic mass is 79.9. The van der Waals surface area contributed by atoms with Crippen LogP contribution in [0.2, 0.25) is 0 Å². The predicted octanol–water partition coefficient (Wildman–Crippen LogP) is 4.64. The largest absolute Gasteiger partial charge is 0.490 e. The van der Waals surface area contributed by atoms with Crippen molar-refractivity contribution >= 4 is 32.8 Å². The zero-order valence-corrected chi connectivity index (χ0v) is 18.1. The number of aromatic nitrogens is 2. The second-order valence-corrected chi connectivity index (χ2v) is 7.42. The van der Waals surface area contributed by atoms with E-state index in [4.69, 9.17) is 9.47 Å². The Morgan fingerprint density at radius 1 is 1.14 bits per heavy atom. The van der Waals surface area contributed by atoms with Gasteiger partial charge < -0.3 is 9.47 Å². The van der Waals surface area contributed by atoms with E-state index in [-0.39, 0.29) is 18.1 Å². The molecule has 0 amide bonds. The summed E-state index contributed by atoms with van der Waals surface area (Å²) in [6.07, 6.45) is 2.10. The molecule has 6 nitrogen and oxygen atoms in total. The fourth-order valence-corrected chi connectivity index (χ4v) is 3.42. The number of hydrogen-bond donors (Lipinski definition) is 0. The molecule has 0 bridgehead atoms. The first-order valence-electron chi connectivity index (χ1n) is 9.59. The second kappa shape index (κ2) is 9.69. The lowest BCUT2D eigenvalue weighted by molar-refractivity contribution is -0.134. The lowest BCUT2D eigenvalue weighted by Gasteiger charge is -2.14. The summed E-state index contributed by atoms with van der Waals surface area (Å²) < 4.78 is 13.4. The number of halogens is 1. The van der Waals surface area contributed by atoms with E-state index in [2.05, 4.69) is 20.9 Å². The second-order valence-electron chi connectivity index (χ2n) is 6.63. The Kier molecular flexibility index (Phi) is 7.04. The monoisotopic (exact) mass is 458 g/mol. The van der Waals surface area contributed by atoms with Gasteiger partial charge in [-0.05, 0) is 53.5 Å². The van der Waals surface area contributed by atoms with Crippen LogP contribution in [0.1, 0.15) is 32.0 Å². The third-order valence-electron chi connectivity index (χ3n) is 4.51. The van der Waals surface area contributed by atoms with Crippen LogP contribution in [0.5, 0.6) is 11.5 Å². The standard InChI is InChI=1S/C22H23BrN2O4/c1-3-4-12-20(26)29-19-11-7-10-18(21(19)23)28-14-13-25-15(2)24-17-9-6-5-8-16(17)22(25)27/h5-11H,3-4,12-14H2,1-2H3. The van der Waals surface area contributed by atoms with E-state index in [0.29, 0.717) is 45.7 Å². The van der Waals surface area contributed by atoms with Gasteiger partial charge in [-0.25, -0.2) is 4.98 Å². The van der Waals surface area contributed by atoms with Gasteiger partial charge in [-0.1, -0.05) is 31.5 Å². The normalized spacial score (nSPS) is 10.9. The Bertz CT molecular complexity index is 1080. The number of benzene rings is 2. The minimum absolute atomic E-state index is 0.0885. The smallest absolute Gasteiger partial charge is 0.311 e. The number of nitrogens with zero attached hydrogens (tertiary/aromatic N) is 2. The van der Waals surface area contributed by atoms with Gasteiger partial charge >= 0.3 is 5.97 Å². The summed E-state index contributed by atoms with van der Waals surface area (Å²) in [6.45, 7) is 4.46. The Morgan fingerprint density at radius 2 is 1.90 bits per heavy atom. The molecule has 29 heavy (non-hydrogen) atoms. The molecule has 1 aromatic heterocycles. The highest BCUT2D eigenvalue weighted by Gasteiger charge is 2.13. The molecule has 0 saturated carbocycles. The van der Waals surface area contributed by atoms with Crippen LogP contribution in [0.4, 0.5) is 0 Å². The van der Waals surface area contributed by atoms with Crippen LogP contribution in [0.15, 0.2) is 51.7 Å². The summed E-state index contributed by atoms with van der Waals surface area (Å²) >= 11 is 3.44. The fourth-order valence-electron chi connectivity index (χ4n) is 2.96. The number of fused-ring (bicyclic) bond motifs is 1. The number of carbonyl (C=O) groups excluding carboxylic acids is 1. The van der Waals surface area contributed by atoms with E-state index in [1.807, 2.05) is 25.1 Å². The quantitative estimate of drug-likeness (QED) is 0.363. The van der Waals surface area contributed by atoms with Gasteiger partial charge in [0.15, 0.2) is 0 Å². The number of esters is 1. The van der Waals surface area contributed by atoms with Gasteiger partial charge in [-0.3, -0.25) is 14.2 Å². The molecule has 1 heterocycles. The van der Waals surface area contributed by atoms with Crippen LogP contribution in [0, 0.1) is 6.92 Å². The van der Waals surface area contributed by atoms with Gasteiger partial charge in [-0.15, -0.1) is 0 Å². The maximum Gasteiger partial charge on any atom is 0.311 e. The molecular weight excluding hydrogens is 436 g/mol. The van der Waals surface area contributed by atoms with Crippen molar-refractivity contribution in [1.82, 2.24) is 9.55 Å². The highest BCUT2D eigenvalue weighted by molar-refractivity contribution is 9.10. The number of aryl methyl sites for hydroxylation is 1. The molecule has 3 aromatic rings. The lowest BCUT2D eigenvalue weighted by atomic mass is 10.2. The summed E-state index contributed by atoms with van der Waals surface area (Å²) in [5.74, 6) is 1.33. The van der Waals surface area contributed by atoms with Gasteiger partial charge in [0.25, 0.3) is 5.56 Å². The molecular formula is C22H23BrN2O4. The minimum atomic E-state index is -0.269. The molecule has 0 aliphatic carbocycles. The first-order valence-corrected chi connectivity index (χ1v) is 10.4. The topological polar surface area (TPSA) is 70.4 Å². The molecule has 0 atom stereocenters. The average molecular weight is 459 g/mol. The van der Waals surface area contributed by atoms with E-state index in [1.165, 1.54) is 0 Å². The highest BCUT2D eigenvalue weighted by Crippen LogP contribution is 2.34. The van der Waals surface area contributed by atoms with Crippen LogP contribution >= 0.6 is 15.9 Å². The SMILES string of the molecule is CCCCC(=O)Oc1cccc(OCCn2c(C)nc3ccccc3c2=O)c1Br. The number of rotatable bonds is 8. The van der Waals surface area contributed by atoms with E-state index in [0.717, 1.165) is 12.8 Å². The molecule has 152 valence electrons. The predicted molar refractivity (Wildman–Crippen MR) is 116 cm³/mol. The zero-order chi connectivity index (χ0) is 20.8. The molecule has 0 aliphatic rings. The minimum Gasteiger partial charge on any atom is -0.490 e. The Labute approximate surface area is 177 Å². The number of para-hydroxylation sites is 1. The van der Waals surface area contributed by atoms with Crippen molar-refractivity contribution in [2.75, 3.05) is 6.61 Å². The van der Waals surface area contributed by atoms with Crippen molar-refractivity contribution in [3.63, 3.8) is 0 Å². The average Bonchev–Trinajstić information content (AvgIpc) is 2.71. The van der Waals surface area contributed by atoms with Gasteiger partial charge in [0.1, 0.15) is 28.4 Å². The van der Waals surface area contributed by atoms with Crippen molar-refractivity contribution in [3.8, 4) is 11.5 Å². The number of hydrogen-bond acceptors (Lipinski definition) is 5. The molecule has 0 unspecified atom stereocenters. The van der Waals surface area contributed by atoms with Gasteiger partial charge in [0.05, 0.1) is 17.4 Å². The van der Waals surface area contributed by atoms with Crippen LogP contribution in [-0.4, -0.2) is 22.1 Å². The summed E-state index contributed by atoms with van der Waals surface area (Å²) in [7, 11) is 0. The van der Waals surface area contributed by atoms with E-state index in [9.17, 15) is 9.59 Å². The molecule has 0 N–H and O–H groups in total. The lowest BCUT2D eigenvalue weighted by Crippen LogP contribution is -2.26. The fraction of sp³-hybridized carbons (Fsp3) is 0.318. The third-order valence-corrected chi connectivity index (χ3v) is 5.29. The summed E-state index contributed by atoms with van der Waals surface area (Å²) in [6, 6.07) is 12.5. The number of unbranched alkanes of at least 4 members (excludes halogenated alkanes) is 1. The van der Waals surface area contributed by atoms with Crippen LogP contribution in [0.3, 0.4) is 0 Å². The summed E-state index contributed by atoms with van der Waals surface area (Å²) in [5.41, 5.74) is 0.599. The summed E-state index contributed by atoms with van der Waals surface area (Å²) in [5, 5.41) is 0.584. The molecule has 0 fully saturated rings. The van der Waals surface area contributed by atoms with Gasteiger partial charge in [0, 0.05) is 6.42 Å². The van der Waals surface area contributed by atoms with Crippen molar-refractivity contribution < 1.29 is 14.3 Å². The van der Waals surface area contributed by atoms with E-state index in [1.54, 1.807) is 35.8 Å². The first-order chi connectivity index (χ1) is 14.0. The third kappa shape index (κ3) is 5.03. The molecule has 0 radical (unpaired) electrons. The molecule has 0 saturated heterocycles. The molecule has 0 spiro atoms. The van der Waals surface area contributed by atoms with E-state index >= 15 is 0 Å². The van der Waals surface area contributed by atoms with Crippen LogP contribution < -0.4 is 15.0 Å². The van der Waals surface area contributed by atoms with Gasteiger partial charge in [-0.2, -0.15) is 0 Å². The van der Waals surface area contributed by atoms with Crippen molar-refractivity contribution in [1.29, 1.82) is 0 Å². The maximum atomic E-state index is 12.7. The summed E-state index contributed by atoms with van der Waals surface area (Å²) in [4.78, 5) is 29.1. The molecule has 7 heteroatoms. The van der Waals surface area contributed by atoms with Crippen molar-refractivity contribution in [2.24, 2.45) is 0 Å². The first kappa shape index (κ1) is 21.0. The number of ether oxygens (including phenoxy) is 2. The van der Waals surface area contributed by atoms with Crippen molar-refractivity contribution in [3.05, 3.63) is 63.1 Å². The molecule has 2 aromatic carbocycles. The Morgan fingerprint density at radius 3 is 2.69 bits per heavy atom. The Hall–Kier alpha value is -2.67. The van der Waals surface area contributed by atoms with Crippen LogP contribution in [-0.2, 0) is 11.3 Å². The van der Waals surface area contributed by atoms with Crippen LogP contribution in [0.25, 0.3) is 10.9 Å². The maximum absolute atomic E-state index is 12.7. The zero-order valence-electron chi connectivity index (χ0n) is 16.5.